The van der Waals surface area contributed by atoms with Gasteiger partial charge in [0.2, 0.25) is 5.89 Å². The zero-order valence-corrected chi connectivity index (χ0v) is 8.66. The Kier molecular flexibility index (Phi) is 2.76. The fourth-order valence-corrected chi connectivity index (χ4v) is 1.33. The molecule has 8 heteroatoms. The minimum atomic E-state index is -1.34. The van der Waals surface area contributed by atoms with Crippen LogP contribution in [0.15, 0.2) is 28.9 Å². The minimum Gasteiger partial charge on any atom is -0.476 e. The lowest BCUT2D eigenvalue weighted by Gasteiger charge is -1.98. The SMILES string of the molecule is O=C(O)c1coc(-c2cc(F)ccc2[N+](=O)[O-])n1. The minimum absolute atomic E-state index is 0.215. The van der Waals surface area contributed by atoms with Gasteiger partial charge in [0.05, 0.1) is 4.92 Å². The van der Waals surface area contributed by atoms with Crippen LogP contribution in [0.25, 0.3) is 11.5 Å². The van der Waals surface area contributed by atoms with Crippen LogP contribution in [0.1, 0.15) is 10.5 Å². The van der Waals surface area contributed by atoms with Crippen LogP contribution in [0.4, 0.5) is 10.1 Å². The number of halogens is 1. The highest BCUT2D eigenvalue weighted by Crippen LogP contribution is 2.29. The summed E-state index contributed by atoms with van der Waals surface area (Å²) in [7, 11) is 0. The van der Waals surface area contributed by atoms with Crippen LogP contribution in [0.3, 0.4) is 0 Å². The molecule has 0 aliphatic carbocycles. The smallest absolute Gasteiger partial charge is 0.357 e. The fourth-order valence-electron chi connectivity index (χ4n) is 1.33. The first-order chi connectivity index (χ1) is 8.49. The van der Waals surface area contributed by atoms with Gasteiger partial charge in [0.15, 0.2) is 5.69 Å². The molecular formula is C10H5FN2O5. The standard InChI is InChI=1S/C10H5FN2O5/c11-5-1-2-8(13(16)17)6(3-5)9-12-7(4-18-9)10(14)15/h1-4H,(H,14,15). The molecular weight excluding hydrogens is 247 g/mol. The van der Waals surface area contributed by atoms with Crippen molar-refractivity contribution in [1.29, 1.82) is 0 Å². The first-order valence-corrected chi connectivity index (χ1v) is 4.62. The zero-order valence-electron chi connectivity index (χ0n) is 8.66. The van der Waals surface area contributed by atoms with E-state index in [1.807, 2.05) is 0 Å². The van der Waals surface area contributed by atoms with Crippen molar-refractivity contribution in [3.05, 3.63) is 46.1 Å². The first kappa shape index (κ1) is 11.7. The number of carboxylic acids is 1. The molecule has 0 unspecified atom stereocenters. The van der Waals surface area contributed by atoms with Gasteiger partial charge in [0, 0.05) is 6.07 Å². The Morgan fingerprint density at radius 1 is 1.50 bits per heavy atom. The van der Waals surface area contributed by atoms with Gasteiger partial charge in [-0.25, -0.2) is 14.2 Å². The monoisotopic (exact) mass is 252 g/mol. The normalized spacial score (nSPS) is 10.3. The van der Waals surface area contributed by atoms with Gasteiger partial charge in [-0.15, -0.1) is 0 Å². The third kappa shape index (κ3) is 2.03. The maximum Gasteiger partial charge on any atom is 0.357 e. The number of benzene rings is 1. The molecule has 0 bridgehead atoms. The summed E-state index contributed by atoms with van der Waals surface area (Å²) in [5.74, 6) is -2.38. The fraction of sp³-hybridized carbons (Fsp3) is 0. The van der Waals surface area contributed by atoms with E-state index in [-0.39, 0.29) is 11.5 Å². The lowest BCUT2D eigenvalue weighted by atomic mass is 10.2. The van der Waals surface area contributed by atoms with E-state index >= 15 is 0 Å². The van der Waals surface area contributed by atoms with Crippen LogP contribution in [0.5, 0.6) is 0 Å². The van der Waals surface area contributed by atoms with Crippen molar-refractivity contribution in [2.24, 2.45) is 0 Å². The number of hydrogen-bond donors (Lipinski definition) is 1. The van der Waals surface area contributed by atoms with Gasteiger partial charge in [-0.2, -0.15) is 0 Å². The number of rotatable bonds is 3. The molecule has 92 valence electrons. The van der Waals surface area contributed by atoms with Gasteiger partial charge < -0.3 is 9.52 Å². The average molecular weight is 252 g/mol. The predicted octanol–water partition coefficient (Wildman–Crippen LogP) is 2.09. The second-order valence-electron chi connectivity index (χ2n) is 3.26. The van der Waals surface area contributed by atoms with Crippen LogP contribution in [-0.2, 0) is 0 Å². The summed E-state index contributed by atoms with van der Waals surface area (Å²) in [4.78, 5) is 24.1. The van der Waals surface area contributed by atoms with E-state index in [1.54, 1.807) is 0 Å². The van der Waals surface area contributed by atoms with Crippen LogP contribution in [0, 0.1) is 15.9 Å². The highest BCUT2D eigenvalue weighted by atomic mass is 19.1. The maximum atomic E-state index is 13.1. The quantitative estimate of drug-likeness (QED) is 0.662. The molecule has 2 rings (SSSR count). The predicted molar refractivity (Wildman–Crippen MR) is 55.5 cm³/mol. The summed E-state index contributed by atoms with van der Waals surface area (Å²) < 4.78 is 17.8. The Labute approximate surface area is 98.6 Å². The first-order valence-electron chi connectivity index (χ1n) is 4.62. The highest BCUT2D eigenvalue weighted by Gasteiger charge is 2.21. The summed E-state index contributed by atoms with van der Waals surface area (Å²) in [6, 6.07) is 2.73. The van der Waals surface area contributed by atoms with Gasteiger partial charge in [-0.1, -0.05) is 0 Å². The summed E-state index contributed by atoms with van der Waals surface area (Å²) >= 11 is 0. The Balaban J connectivity index is 2.57. The van der Waals surface area contributed by atoms with E-state index in [2.05, 4.69) is 4.98 Å². The molecule has 0 aliphatic rings. The molecule has 2 aromatic rings. The number of nitrogens with zero attached hydrogens (tertiary/aromatic N) is 2. The summed E-state index contributed by atoms with van der Waals surface area (Å²) in [6.07, 6.45) is 0.826. The lowest BCUT2D eigenvalue weighted by Crippen LogP contribution is -1.97. The van der Waals surface area contributed by atoms with Crippen molar-refractivity contribution in [2.75, 3.05) is 0 Å². The van der Waals surface area contributed by atoms with E-state index in [0.29, 0.717) is 0 Å². The molecule has 0 saturated heterocycles. The summed E-state index contributed by atoms with van der Waals surface area (Å²) in [5.41, 5.74) is -1.05. The Hall–Kier alpha value is -2.77. The Morgan fingerprint density at radius 3 is 2.78 bits per heavy atom. The van der Waals surface area contributed by atoms with Crippen LogP contribution in [0.2, 0.25) is 0 Å². The third-order valence-electron chi connectivity index (χ3n) is 2.11. The van der Waals surface area contributed by atoms with E-state index in [4.69, 9.17) is 9.52 Å². The summed E-state index contributed by atoms with van der Waals surface area (Å²) in [6.45, 7) is 0. The lowest BCUT2D eigenvalue weighted by molar-refractivity contribution is -0.384. The molecule has 0 amide bonds. The van der Waals surface area contributed by atoms with Crippen LogP contribution < -0.4 is 0 Å². The molecule has 18 heavy (non-hydrogen) atoms. The second-order valence-corrected chi connectivity index (χ2v) is 3.26. The van der Waals surface area contributed by atoms with Gasteiger partial charge in [0.25, 0.3) is 5.69 Å². The van der Waals surface area contributed by atoms with E-state index in [1.165, 1.54) is 0 Å². The molecule has 1 aromatic heterocycles. The van der Waals surface area contributed by atoms with Crippen LogP contribution >= 0.6 is 0 Å². The van der Waals surface area contributed by atoms with E-state index in [9.17, 15) is 19.3 Å². The van der Waals surface area contributed by atoms with Crippen molar-refractivity contribution in [2.45, 2.75) is 0 Å². The third-order valence-corrected chi connectivity index (χ3v) is 2.11. The van der Waals surface area contributed by atoms with Crippen molar-refractivity contribution < 1.29 is 23.6 Å². The topological polar surface area (TPSA) is 106 Å². The van der Waals surface area contributed by atoms with E-state index < -0.39 is 28.1 Å². The van der Waals surface area contributed by atoms with Crippen molar-refractivity contribution in [1.82, 2.24) is 4.98 Å². The van der Waals surface area contributed by atoms with Crippen LogP contribution in [-0.4, -0.2) is 21.0 Å². The molecule has 0 saturated carbocycles. The molecule has 0 atom stereocenters. The number of hydrogen-bond acceptors (Lipinski definition) is 5. The second kappa shape index (κ2) is 4.24. The largest absolute Gasteiger partial charge is 0.476 e. The van der Waals surface area contributed by atoms with Gasteiger partial charge in [-0.05, 0) is 12.1 Å². The van der Waals surface area contributed by atoms with E-state index in [0.717, 1.165) is 24.5 Å². The van der Waals surface area contributed by atoms with Crippen molar-refractivity contribution in [3.63, 3.8) is 0 Å². The van der Waals surface area contributed by atoms with Gasteiger partial charge >= 0.3 is 5.97 Å². The molecule has 1 heterocycles. The Bertz CT molecular complexity index is 637. The number of carbonyl (C=O) groups is 1. The summed E-state index contributed by atoms with van der Waals surface area (Å²) in [5, 5.41) is 19.4. The molecule has 0 aliphatic heterocycles. The van der Waals surface area contributed by atoms with Gasteiger partial charge in [-0.3, -0.25) is 10.1 Å². The average Bonchev–Trinajstić information content (AvgIpc) is 2.77. The Morgan fingerprint density at radius 2 is 2.22 bits per heavy atom. The number of aromatic nitrogens is 1. The molecule has 1 N–H and O–H groups in total. The molecule has 0 radical (unpaired) electrons. The van der Waals surface area contributed by atoms with Gasteiger partial charge in [0.1, 0.15) is 17.6 Å². The zero-order chi connectivity index (χ0) is 13.3. The number of nitro groups is 1. The number of oxazole rings is 1. The molecule has 1 aromatic carbocycles. The number of carboxylic acid groups (broad SMARTS) is 1. The maximum absolute atomic E-state index is 13.1. The number of aromatic carboxylic acids is 1. The number of nitro benzene ring substituents is 1. The van der Waals surface area contributed by atoms with Crippen molar-refractivity contribution >= 4 is 11.7 Å². The molecule has 7 nitrogen and oxygen atoms in total. The highest BCUT2D eigenvalue weighted by molar-refractivity contribution is 5.85. The molecule has 0 spiro atoms. The molecule has 0 fully saturated rings. The van der Waals surface area contributed by atoms with Crippen molar-refractivity contribution in [3.8, 4) is 11.5 Å².